The lowest BCUT2D eigenvalue weighted by Gasteiger charge is -1.97. The van der Waals surface area contributed by atoms with Crippen LogP contribution in [0.15, 0.2) is 17.5 Å². The van der Waals surface area contributed by atoms with E-state index in [0.29, 0.717) is 0 Å². The van der Waals surface area contributed by atoms with Crippen LogP contribution in [-0.2, 0) is 4.79 Å². The summed E-state index contributed by atoms with van der Waals surface area (Å²) in [7, 11) is 0. The third-order valence-electron chi connectivity index (χ3n) is 1.01. The van der Waals surface area contributed by atoms with Crippen LogP contribution in [0.1, 0.15) is 9.70 Å². The first-order valence-electron chi connectivity index (χ1n) is 2.62. The minimum Gasteiger partial charge on any atom is -0.480 e. The zero-order valence-electron chi connectivity index (χ0n) is 4.95. The second-order valence-electron chi connectivity index (χ2n) is 1.72. The Kier molecular flexibility index (Phi) is 2.45. The quantitative estimate of drug-likeness (QED) is 0.777. The average Bonchev–Trinajstić information content (AvgIpc) is 2.36. The maximum absolute atomic E-state index is 10.4. The van der Waals surface area contributed by atoms with Gasteiger partial charge >= 0.3 is 5.97 Å². The van der Waals surface area contributed by atoms with Gasteiger partial charge in [-0.3, -0.25) is 4.79 Å². The van der Waals surface area contributed by atoms with E-state index >= 15 is 0 Å². The van der Waals surface area contributed by atoms with Gasteiger partial charge in [-0.2, -0.15) is 0 Å². The highest BCUT2D eigenvalue weighted by Gasteiger charge is 2.15. The van der Waals surface area contributed by atoms with E-state index in [4.69, 9.17) is 5.11 Å². The summed E-state index contributed by atoms with van der Waals surface area (Å²) in [5.74, 6) is -0.845. The van der Waals surface area contributed by atoms with E-state index in [1.807, 2.05) is 11.4 Å². The Bertz CT molecular complexity index is 220. The number of hydrogen-bond donors (Lipinski definition) is 1. The molecule has 0 aliphatic rings. The molecular weight excluding hydrogens is 216 g/mol. The zero-order valence-corrected chi connectivity index (χ0v) is 7.35. The highest BCUT2D eigenvalue weighted by molar-refractivity contribution is 9.09. The second kappa shape index (κ2) is 3.16. The van der Waals surface area contributed by atoms with Crippen LogP contribution < -0.4 is 0 Å². The molecule has 1 aromatic heterocycles. The summed E-state index contributed by atoms with van der Waals surface area (Å²) in [4.78, 5) is 10.6. The first-order valence-corrected chi connectivity index (χ1v) is 4.41. The molecular formula is C6H5BrO2S. The maximum atomic E-state index is 10.4. The van der Waals surface area contributed by atoms with Gasteiger partial charge in [-0.15, -0.1) is 11.3 Å². The van der Waals surface area contributed by atoms with Gasteiger partial charge in [-0.05, 0) is 11.4 Å². The van der Waals surface area contributed by atoms with Crippen molar-refractivity contribution in [3.63, 3.8) is 0 Å². The number of carboxylic acid groups (broad SMARTS) is 1. The van der Waals surface area contributed by atoms with E-state index < -0.39 is 10.8 Å². The molecule has 0 spiro atoms. The van der Waals surface area contributed by atoms with Gasteiger partial charge in [0, 0.05) is 4.88 Å². The molecule has 10 heavy (non-hydrogen) atoms. The van der Waals surface area contributed by atoms with Gasteiger partial charge < -0.3 is 5.11 Å². The Morgan fingerprint density at radius 3 is 2.90 bits per heavy atom. The summed E-state index contributed by atoms with van der Waals surface area (Å²) < 4.78 is 0. The van der Waals surface area contributed by atoms with Gasteiger partial charge in [0.15, 0.2) is 0 Å². The Hall–Kier alpha value is -0.350. The lowest BCUT2D eigenvalue weighted by Crippen LogP contribution is -2.01. The third-order valence-corrected chi connectivity index (χ3v) is 3.13. The number of aliphatic carboxylic acids is 1. The number of halogens is 1. The van der Waals surface area contributed by atoms with Crippen LogP contribution in [-0.4, -0.2) is 11.1 Å². The summed E-state index contributed by atoms with van der Waals surface area (Å²) in [5.41, 5.74) is 0. The molecule has 0 aliphatic carbocycles. The Morgan fingerprint density at radius 2 is 2.50 bits per heavy atom. The SMILES string of the molecule is O=C(O)C(Br)c1cccs1. The molecule has 0 radical (unpaired) electrons. The van der Waals surface area contributed by atoms with Crippen LogP contribution in [0.5, 0.6) is 0 Å². The van der Waals surface area contributed by atoms with Crippen molar-refractivity contribution in [1.82, 2.24) is 0 Å². The van der Waals surface area contributed by atoms with Crippen molar-refractivity contribution >= 4 is 33.2 Å². The topological polar surface area (TPSA) is 37.3 Å². The minimum absolute atomic E-state index is 0.549. The van der Waals surface area contributed by atoms with Crippen LogP contribution in [0.25, 0.3) is 0 Å². The average molecular weight is 221 g/mol. The van der Waals surface area contributed by atoms with Gasteiger partial charge in [0.2, 0.25) is 0 Å². The van der Waals surface area contributed by atoms with Crippen LogP contribution in [0.3, 0.4) is 0 Å². The monoisotopic (exact) mass is 220 g/mol. The second-order valence-corrected chi connectivity index (χ2v) is 3.61. The van der Waals surface area contributed by atoms with Crippen molar-refractivity contribution in [3.05, 3.63) is 22.4 Å². The molecule has 1 heterocycles. The largest absolute Gasteiger partial charge is 0.480 e. The van der Waals surface area contributed by atoms with Crippen molar-refractivity contribution in [3.8, 4) is 0 Å². The summed E-state index contributed by atoms with van der Waals surface area (Å²) in [6.45, 7) is 0. The molecule has 1 atom stereocenters. The fraction of sp³-hybridized carbons (Fsp3) is 0.167. The molecule has 4 heteroatoms. The predicted molar refractivity (Wildman–Crippen MR) is 43.6 cm³/mol. The van der Waals surface area contributed by atoms with E-state index in [9.17, 15) is 4.79 Å². The van der Waals surface area contributed by atoms with Crippen molar-refractivity contribution < 1.29 is 9.90 Å². The van der Waals surface area contributed by atoms with Crippen molar-refractivity contribution in [2.45, 2.75) is 4.83 Å². The molecule has 0 fully saturated rings. The molecule has 0 saturated heterocycles. The molecule has 1 N–H and O–H groups in total. The highest BCUT2D eigenvalue weighted by Crippen LogP contribution is 2.26. The lowest BCUT2D eigenvalue weighted by atomic mass is 10.3. The first kappa shape index (κ1) is 7.75. The zero-order chi connectivity index (χ0) is 7.56. The fourth-order valence-corrected chi connectivity index (χ4v) is 1.73. The van der Waals surface area contributed by atoms with Crippen molar-refractivity contribution in [2.24, 2.45) is 0 Å². The normalized spacial score (nSPS) is 12.9. The summed E-state index contributed by atoms with van der Waals surface area (Å²) in [6.07, 6.45) is 0. The number of thiophene rings is 1. The number of carbonyl (C=O) groups is 1. The molecule has 1 rings (SSSR count). The number of alkyl halides is 1. The first-order chi connectivity index (χ1) is 4.72. The van der Waals surface area contributed by atoms with Gasteiger partial charge in [-0.1, -0.05) is 22.0 Å². The molecule has 0 bridgehead atoms. The molecule has 1 aromatic rings. The van der Waals surface area contributed by atoms with E-state index in [0.717, 1.165) is 4.88 Å². The standard InChI is InChI=1S/C6H5BrO2S/c7-5(6(8)9)4-2-1-3-10-4/h1-3,5H,(H,8,9). The van der Waals surface area contributed by atoms with E-state index in [1.165, 1.54) is 11.3 Å². The van der Waals surface area contributed by atoms with Gasteiger partial charge in [-0.25, -0.2) is 0 Å². The maximum Gasteiger partial charge on any atom is 0.322 e. The molecule has 1 unspecified atom stereocenters. The Balaban J connectivity index is 2.77. The van der Waals surface area contributed by atoms with Crippen LogP contribution in [0, 0.1) is 0 Å². The van der Waals surface area contributed by atoms with Crippen LogP contribution in [0.2, 0.25) is 0 Å². The van der Waals surface area contributed by atoms with Crippen molar-refractivity contribution in [2.75, 3.05) is 0 Å². The molecule has 0 amide bonds. The Labute approximate surface area is 70.6 Å². The number of carboxylic acids is 1. The minimum atomic E-state index is -0.845. The van der Waals surface area contributed by atoms with Gasteiger partial charge in [0.05, 0.1) is 0 Å². The highest BCUT2D eigenvalue weighted by atomic mass is 79.9. The van der Waals surface area contributed by atoms with Gasteiger partial charge in [0.1, 0.15) is 4.83 Å². The molecule has 0 aromatic carbocycles. The lowest BCUT2D eigenvalue weighted by molar-refractivity contribution is -0.136. The number of rotatable bonds is 2. The van der Waals surface area contributed by atoms with Gasteiger partial charge in [0.25, 0.3) is 0 Å². The van der Waals surface area contributed by atoms with E-state index in [-0.39, 0.29) is 0 Å². The Morgan fingerprint density at radius 1 is 1.80 bits per heavy atom. The van der Waals surface area contributed by atoms with Crippen molar-refractivity contribution in [1.29, 1.82) is 0 Å². The molecule has 2 nitrogen and oxygen atoms in total. The summed E-state index contributed by atoms with van der Waals surface area (Å²) in [5, 5.41) is 10.4. The van der Waals surface area contributed by atoms with Crippen LogP contribution >= 0.6 is 27.3 Å². The fourth-order valence-electron chi connectivity index (χ4n) is 0.557. The van der Waals surface area contributed by atoms with E-state index in [2.05, 4.69) is 15.9 Å². The molecule has 54 valence electrons. The molecule has 0 aliphatic heterocycles. The summed E-state index contributed by atoms with van der Waals surface area (Å²) >= 11 is 4.47. The third kappa shape index (κ3) is 1.58. The number of hydrogen-bond acceptors (Lipinski definition) is 2. The smallest absolute Gasteiger partial charge is 0.322 e. The van der Waals surface area contributed by atoms with E-state index in [1.54, 1.807) is 6.07 Å². The summed E-state index contributed by atoms with van der Waals surface area (Å²) in [6, 6.07) is 3.62. The van der Waals surface area contributed by atoms with Crippen LogP contribution in [0.4, 0.5) is 0 Å². The molecule has 0 saturated carbocycles. The predicted octanol–water partition coefficient (Wildman–Crippen LogP) is 2.27.